The molecule has 16 heavy (non-hydrogen) atoms. The highest BCUT2D eigenvalue weighted by atomic mass is 35.5. The molecule has 0 N–H and O–H groups in total. The normalized spacial score (nSPS) is 10.8. The molecule has 0 saturated carbocycles. The summed E-state index contributed by atoms with van der Waals surface area (Å²) in [6.45, 7) is 0. The predicted octanol–water partition coefficient (Wildman–Crippen LogP) is 4.15. The maximum absolute atomic E-state index is 5.82. The lowest BCUT2D eigenvalue weighted by Crippen LogP contribution is -1.70. The Hall–Kier alpha value is -1.80. The van der Waals surface area contributed by atoms with Crippen LogP contribution in [0, 0.1) is 0 Å². The van der Waals surface area contributed by atoms with Crippen LogP contribution in [0.4, 0.5) is 0 Å². The molecule has 2 heterocycles. The highest BCUT2D eigenvalue weighted by Crippen LogP contribution is 2.28. The van der Waals surface area contributed by atoms with Gasteiger partial charge in [-0.25, -0.2) is 4.98 Å². The van der Waals surface area contributed by atoms with Crippen molar-refractivity contribution >= 4 is 22.6 Å². The molecule has 0 atom stereocenters. The average molecular weight is 230 g/mol. The van der Waals surface area contributed by atoms with Crippen molar-refractivity contribution in [3.05, 3.63) is 53.8 Å². The molecule has 0 radical (unpaired) electrons. The van der Waals surface area contributed by atoms with Gasteiger partial charge in [-0.1, -0.05) is 41.9 Å². The molecule has 0 aliphatic heterocycles. The first-order chi connectivity index (χ1) is 7.83. The third-order valence-corrected chi connectivity index (χ3v) is 2.64. The number of hydrogen-bond acceptors (Lipinski definition) is 2. The zero-order valence-corrected chi connectivity index (χ0v) is 9.11. The molecular weight excluding hydrogens is 222 g/mol. The number of benzene rings is 1. The summed E-state index contributed by atoms with van der Waals surface area (Å²) in [5.74, 6) is 0.833. The first kappa shape index (κ1) is 9.43. The van der Waals surface area contributed by atoms with E-state index in [0.717, 1.165) is 22.3 Å². The minimum atomic E-state index is 0.480. The number of hydrogen-bond donors (Lipinski definition) is 0. The standard InChI is InChI=1S/C13H8ClNO/c14-13-7-10-6-11(16-12(10)8-15-13)9-4-2-1-3-5-9/h1-8H. The minimum absolute atomic E-state index is 0.480. The molecule has 0 aliphatic rings. The van der Waals surface area contributed by atoms with Gasteiger partial charge in [0.05, 0.1) is 6.20 Å². The maximum Gasteiger partial charge on any atom is 0.153 e. The molecule has 0 aliphatic carbocycles. The van der Waals surface area contributed by atoms with Crippen LogP contribution in [0.15, 0.2) is 53.1 Å². The number of nitrogens with zero attached hydrogens (tertiary/aromatic N) is 1. The number of halogens is 1. The fourth-order valence-corrected chi connectivity index (χ4v) is 1.83. The molecule has 0 spiro atoms. The molecule has 3 heteroatoms. The first-order valence-electron chi connectivity index (χ1n) is 4.93. The molecule has 0 bridgehead atoms. The van der Waals surface area contributed by atoms with Gasteiger partial charge >= 0.3 is 0 Å². The number of pyridine rings is 1. The van der Waals surface area contributed by atoms with Crippen LogP contribution in [0.25, 0.3) is 22.3 Å². The van der Waals surface area contributed by atoms with Gasteiger partial charge in [0, 0.05) is 10.9 Å². The van der Waals surface area contributed by atoms with Crippen molar-refractivity contribution in [2.24, 2.45) is 0 Å². The summed E-state index contributed by atoms with van der Waals surface area (Å²) in [5.41, 5.74) is 1.80. The van der Waals surface area contributed by atoms with Crippen molar-refractivity contribution in [3.8, 4) is 11.3 Å². The Morgan fingerprint density at radius 1 is 1.06 bits per heavy atom. The van der Waals surface area contributed by atoms with Gasteiger partial charge in [-0.3, -0.25) is 0 Å². The Morgan fingerprint density at radius 2 is 1.88 bits per heavy atom. The Bertz CT molecular complexity index is 631. The van der Waals surface area contributed by atoms with Gasteiger partial charge in [-0.2, -0.15) is 0 Å². The summed E-state index contributed by atoms with van der Waals surface area (Å²) in [6, 6.07) is 13.7. The zero-order valence-electron chi connectivity index (χ0n) is 8.35. The number of rotatable bonds is 1. The van der Waals surface area contributed by atoms with Gasteiger partial charge in [0.2, 0.25) is 0 Å². The van der Waals surface area contributed by atoms with E-state index in [-0.39, 0.29) is 0 Å². The average Bonchev–Trinajstić information content (AvgIpc) is 2.73. The quantitative estimate of drug-likeness (QED) is 0.586. The minimum Gasteiger partial charge on any atom is -0.454 e. The van der Waals surface area contributed by atoms with Crippen molar-refractivity contribution in [3.63, 3.8) is 0 Å². The van der Waals surface area contributed by atoms with Crippen LogP contribution in [-0.2, 0) is 0 Å². The van der Waals surface area contributed by atoms with Gasteiger partial charge in [-0.05, 0) is 12.1 Å². The Kier molecular flexibility index (Phi) is 2.15. The van der Waals surface area contributed by atoms with Crippen molar-refractivity contribution < 1.29 is 4.42 Å². The van der Waals surface area contributed by atoms with E-state index in [1.807, 2.05) is 36.4 Å². The smallest absolute Gasteiger partial charge is 0.153 e. The molecule has 3 rings (SSSR count). The lowest BCUT2D eigenvalue weighted by atomic mass is 10.2. The summed E-state index contributed by atoms with van der Waals surface area (Å²) < 4.78 is 5.69. The fourth-order valence-electron chi connectivity index (χ4n) is 1.66. The van der Waals surface area contributed by atoms with E-state index in [2.05, 4.69) is 4.98 Å². The molecule has 0 amide bonds. The molecule has 2 nitrogen and oxygen atoms in total. The maximum atomic E-state index is 5.82. The SMILES string of the molecule is Clc1cc2cc(-c3ccccc3)oc2cn1. The lowest BCUT2D eigenvalue weighted by molar-refractivity contribution is 0.630. The van der Waals surface area contributed by atoms with Crippen LogP contribution in [0.3, 0.4) is 0 Å². The summed E-state index contributed by atoms with van der Waals surface area (Å²) in [5, 5.41) is 1.45. The highest BCUT2D eigenvalue weighted by molar-refractivity contribution is 6.30. The first-order valence-corrected chi connectivity index (χ1v) is 5.31. The van der Waals surface area contributed by atoms with Crippen LogP contribution >= 0.6 is 11.6 Å². The zero-order chi connectivity index (χ0) is 11.0. The molecule has 1 aromatic carbocycles. The van der Waals surface area contributed by atoms with Gasteiger partial charge in [0.15, 0.2) is 5.58 Å². The molecule has 0 saturated heterocycles. The number of aromatic nitrogens is 1. The Labute approximate surface area is 97.5 Å². The molecule has 0 unspecified atom stereocenters. The largest absolute Gasteiger partial charge is 0.454 e. The molecule has 0 fully saturated rings. The van der Waals surface area contributed by atoms with Gasteiger partial charge in [0.1, 0.15) is 10.9 Å². The lowest BCUT2D eigenvalue weighted by Gasteiger charge is -1.93. The van der Waals surface area contributed by atoms with Gasteiger partial charge < -0.3 is 4.42 Å². The summed E-state index contributed by atoms with van der Waals surface area (Å²) >= 11 is 5.82. The van der Waals surface area contributed by atoms with Crippen LogP contribution in [0.1, 0.15) is 0 Å². The van der Waals surface area contributed by atoms with Crippen molar-refractivity contribution in [2.45, 2.75) is 0 Å². The second-order valence-corrected chi connectivity index (χ2v) is 3.91. The summed E-state index contributed by atoms with van der Waals surface area (Å²) in [4.78, 5) is 3.99. The van der Waals surface area contributed by atoms with E-state index in [4.69, 9.17) is 16.0 Å². The second kappa shape index (κ2) is 3.65. The van der Waals surface area contributed by atoms with Crippen LogP contribution in [0.2, 0.25) is 5.15 Å². The molecule has 78 valence electrons. The van der Waals surface area contributed by atoms with Crippen LogP contribution < -0.4 is 0 Å². The highest BCUT2D eigenvalue weighted by Gasteiger charge is 2.06. The monoisotopic (exact) mass is 229 g/mol. The predicted molar refractivity (Wildman–Crippen MR) is 64.5 cm³/mol. The molecular formula is C13H8ClNO. The number of fused-ring (bicyclic) bond motifs is 1. The van der Waals surface area contributed by atoms with Gasteiger partial charge in [-0.15, -0.1) is 0 Å². The molecule has 3 aromatic rings. The van der Waals surface area contributed by atoms with Crippen molar-refractivity contribution in [1.82, 2.24) is 4.98 Å². The van der Waals surface area contributed by atoms with Crippen molar-refractivity contribution in [2.75, 3.05) is 0 Å². The Morgan fingerprint density at radius 3 is 2.69 bits per heavy atom. The Balaban J connectivity index is 2.19. The van der Waals surface area contributed by atoms with E-state index >= 15 is 0 Å². The van der Waals surface area contributed by atoms with Crippen LogP contribution in [0.5, 0.6) is 0 Å². The third-order valence-electron chi connectivity index (χ3n) is 2.43. The fraction of sp³-hybridized carbons (Fsp3) is 0. The number of furan rings is 1. The summed E-state index contributed by atoms with van der Waals surface area (Å²) in [7, 11) is 0. The van der Waals surface area contributed by atoms with E-state index < -0.39 is 0 Å². The second-order valence-electron chi connectivity index (χ2n) is 3.52. The topological polar surface area (TPSA) is 26.0 Å². The third kappa shape index (κ3) is 1.57. The van der Waals surface area contributed by atoms with E-state index in [1.165, 1.54) is 0 Å². The van der Waals surface area contributed by atoms with Crippen LogP contribution in [-0.4, -0.2) is 4.98 Å². The molecule has 2 aromatic heterocycles. The van der Waals surface area contributed by atoms with E-state index in [9.17, 15) is 0 Å². The summed E-state index contributed by atoms with van der Waals surface area (Å²) in [6.07, 6.45) is 1.64. The van der Waals surface area contributed by atoms with Crippen molar-refractivity contribution in [1.29, 1.82) is 0 Å². The van der Waals surface area contributed by atoms with E-state index in [1.54, 1.807) is 12.3 Å². The van der Waals surface area contributed by atoms with Gasteiger partial charge in [0.25, 0.3) is 0 Å². The van der Waals surface area contributed by atoms with E-state index in [0.29, 0.717) is 5.15 Å².